The van der Waals surface area contributed by atoms with E-state index in [1.165, 1.54) is 7.11 Å². The molecule has 0 aromatic rings. The van der Waals surface area contributed by atoms with Crippen LogP contribution < -0.4 is 5.32 Å². The molecule has 0 radical (unpaired) electrons. The van der Waals surface area contributed by atoms with Gasteiger partial charge in [-0.1, -0.05) is 19.3 Å². The van der Waals surface area contributed by atoms with E-state index < -0.39 is 0 Å². The molecule has 0 unspecified atom stereocenters. The summed E-state index contributed by atoms with van der Waals surface area (Å²) in [6.45, 7) is 0.798. The quantitative estimate of drug-likeness (QED) is 0.611. The van der Waals surface area contributed by atoms with Gasteiger partial charge in [0, 0.05) is 19.6 Å². The van der Waals surface area contributed by atoms with Crippen molar-refractivity contribution >= 4 is 11.9 Å². The van der Waals surface area contributed by atoms with Gasteiger partial charge in [0.25, 0.3) is 0 Å². The molecule has 1 aliphatic carbocycles. The third-order valence-corrected chi connectivity index (χ3v) is 4.36. The van der Waals surface area contributed by atoms with E-state index in [1.807, 2.05) is 7.05 Å². The molecule has 1 aliphatic heterocycles. The van der Waals surface area contributed by atoms with Crippen LogP contribution in [0.4, 0.5) is 0 Å². The maximum atomic E-state index is 12.0. The lowest BCUT2D eigenvalue weighted by molar-refractivity contribution is -0.147. The van der Waals surface area contributed by atoms with Crippen molar-refractivity contribution in [3.63, 3.8) is 0 Å². The Balaban J connectivity index is 2.02. The second-order valence-corrected chi connectivity index (χ2v) is 5.64. The van der Waals surface area contributed by atoms with Gasteiger partial charge >= 0.3 is 5.97 Å². The van der Waals surface area contributed by atoms with E-state index in [-0.39, 0.29) is 29.9 Å². The van der Waals surface area contributed by atoms with E-state index in [4.69, 9.17) is 4.74 Å². The predicted molar refractivity (Wildman–Crippen MR) is 71.6 cm³/mol. The molecule has 5 heteroatoms. The van der Waals surface area contributed by atoms with Gasteiger partial charge in [0.2, 0.25) is 5.91 Å². The van der Waals surface area contributed by atoms with Crippen molar-refractivity contribution in [3.8, 4) is 0 Å². The Bertz CT molecular complexity index is 346. The molecule has 1 N–H and O–H groups in total. The lowest BCUT2D eigenvalue weighted by atomic mass is 9.94. The van der Waals surface area contributed by atoms with Gasteiger partial charge < -0.3 is 15.0 Å². The summed E-state index contributed by atoms with van der Waals surface area (Å²) in [5, 5.41) is 3.41. The number of carbonyl (C=O) groups excluding carboxylic acids is 2. The maximum absolute atomic E-state index is 12.0. The van der Waals surface area contributed by atoms with Crippen LogP contribution in [-0.2, 0) is 14.3 Å². The zero-order valence-corrected chi connectivity index (χ0v) is 11.9. The smallest absolute Gasteiger partial charge is 0.310 e. The summed E-state index contributed by atoms with van der Waals surface area (Å²) in [6, 6.07) is -0.0457. The number of amides is 1. The van der Waals surface area contributed by atoms with Gasteiger partial charge in [0.1, 0.15) is 0 Å². The molecule has 1 amide bonds. The van der Waals surface area contributed by atoms with Crippen LogP contribution in [0, 0.1) is 5.92 Å². The van der Waals surface area contributed by atoms with Crippen molar-refractivity contribution in [2.45, 2.75) is 50.6 Å². The number of hydrogen-bond acceptors (Lipinski definition) is 4. The summed E-state index contributed by atoms with van der Waals surface area (Å²) < 4.78 is 4.91. The molecular weight excluding hydrogens is 244 g/mol. The van der Waals surface area contributed by atoms with Crippen LogP contribution in [0.1, 0.15) is 38.5 Å². The summed E-state index contributed by atoms with van der Waals surface area (Å²) in [6.07, 6.45) is 5.98. The van der Waals surface area contributed by atoms with Gasteiger partial charge in [-0.15, -0.1) is 0 Å². The number of methoxy groups -OCH3 is 1. The number of carbonyl (C=O) groups is 2. The molecule has 19 heavy (non-hydrogen) atoms. The number of likely N-dealkylation sites (N-methyl/N-ethyl adjacent to an activating group) is 1. The Hall–Kier alpha value is -1.10. The number of nitrogens with zero attached hydrogens (tertiary/aromatic N) is 1. The van der Waals surface area contributed by atoms with Gasteiger partial charge in [-0.2, -0.15) is 0 Å². The molecule has 1 heterocycles. The predicted octanol–water partition coefficient (Wildman–Crippen LogP) is 0.929. The zero-order chi connectivity index (χ0) is 13.8. The van der Waals surface area contributed by atoms with Crippen molar-refractivity contribution in [1.82, 2.24) is 10.2 Å². The van der Waals surface area contributed by atoms with Crippen LogP contribution in [0.3, 0.4) is 0 Å². The highest BCUT2D eigenvalue weighted by atomic mass is 16.5. The van der Waals surface area contributed by atoms with Crippen LogP contribution in [0.15, 0.2) is 0 Å². The Morgan fingerprint density at radius 2 is 2.00 bits per heavy atom. The van der Waals surface area contributed by atoms with Crippen molar-refractivity contribution < 1.29 is 14.3 Å². The van der Waals surface area contributed by atoms with E-state index in [1.54, 1.807) is 4.90 Å². The second kappa shape index (κ2) is 6.37. The molecule has 3 atom stereocenters. The molecule has 2 aliphatic rings. The minimum atomic E-state index is -0.141. The minimum absolute atomic E-state index is 0.0791. The normalized spacial score (nSPS) is 32.2. The molecule has 0 aromatic heterocycles. The molecule has 5 nitrogen and oxygen atoms in total. The monoisotopic (exact) mass is 268 g/mol. The first-order chi connectivity index (χ1) is 9.13. The van der Waals surface area contributed by atoms with Gasteiger partial charge in [-0.05, 0) is 19.3 Å². The summed E-state index contributed by atoms with van der Waals surface area (Å²) in [5.41, 5.74) is 0. The molecule has 0 spiro atoms. The number of likely N-dealkylation sites (tertiary alicyclic amines) is 1. The molecule has 0 aromatic carbocycles. The number of esters is 1. The largest absolute Gasteiger partial charge is 0.469 e. The van der Waals surface area contributed by atoms with Crippen LogP contribution in [-0.4, -0.2) is 49.6 Å². The van der Waals surface area contributed by atoms with E-state index in [0.717, 1.165) is 45.1 Å². The Morgan fingerprint density at radius 3 is 2.63 bits per heavy atom. The topological polar surface area (TPSA) is 58.6 Å². The van der Waals surface area contributed by atoms with Crippen LogP contribution >= 0.6 is 0 Å². The maximum Gasteiger partial charge on any atom is 0.310 e. The van der Waals surface area contributed by atoms with E-state index in [9.17, 15) is 9.59 Å². The summed E-state index contributed by atoms with van der Waals surface area (Å²) in [4.78, 5) is 25.6. The standard InChI is InChI=1S/C14H24N2O3/c1-16-9-8-12(13(16)17)15-11-7-5-3-4-6-10(11)14(18)19-2/h10-12,15H,3-9H2,1-2H3/t10-,11-,12-/m1/s1. The SMILES string of the molecule is COC(=O)[C@@H]1CCCCC[C@H]1N[C@@H]1CCN(C)C1=O. The first-order valence-corrected chi connectivity index (χ1v) is 7.22. The summed E-state index contributed by atoms with van der Waals surface area (Å²) >= 11 is 0. The third kappa shape index (κ3) is 3.26. The highest BCUT2D eigenvalue weighted by molar-refractivity contribution is 5.83. The fourth-order valence-corrected chi connectivity index (χ4v) is 3.18. The van der Waals surface area contributed by atoms with Crippen LogP contribution in [0.2, 0.25) is 0 Å². The van der Waals surface area contributed by atoms with E-state index in [0.29, 0.717) is 0 Å². The number of nitrogens with one attached hydrogen (secondary N) is 1. The molecule has 1 saturated heterocycles. The highest BCUT2D eigenvalue weighted by Gasteiger charge is 2.36. The van der Waals surface area contributed by atoms with Gasteiger partial charge in [-0.25, -0.2) is 0 Å². The summed E-state index contributed by atoms with van der Waals surface area (Å²) in [7, 11) is 3.27. The first kappa shape index (κ1) is 14.3. The fraction of sp³-hybridized carbons (Fsp3) is 0.857. The lowest BCUT2D eigenvalue weighted by Crippen LogP contribution is -2.48. The molecule has 2 fully saturated rings. The lowest BCUT2D eigenvalue weighted by Gasteiger charge is -2.26. The second-order valence-electron chi connectivity index (χ2n) is 5.64. The van der Waals surface area contributed by atoms with Gasteiger partial charge in [0.05, 0.1) is 19.1 Å². The number of ether oxygens (including phenoxy) is 1. The number of hydrogen-bond donors (Lipinski definition) is 1. The highest BCUT2D eigenvalue weighted by Crippen LogP contribution is 2.26. The Morgan fingerprint density at radius 1 is 1.26 bits per heavy atom. The Labute approximate surface area is 114 Å². The molecule has 0 bridgehead atoms. The van der Waals surface area contributed by atoms with Crippen molar-refractivity contribution in [1.29, 1.82) is 0 Å². The fourth-order valence-electron chi connectivity index (χ4n) is 3.18. The molecular formula is C14H24N2O3. The molecule has 108 valence electrons. The first-order valence-electron chi connectivity index (χ1n) is 7.22. The third-order valence-electron chi connectivity index (χ3n) is 4.36. The van der Waals surface area contributed by atoms with Crippen molar-refractivity contribution in [2.75, 3.05) is 20.7 Å². The average molecular weight is 268 g/mol. The van der Waals surface area contributed by atoms with Gasteiger partial charge in [0.15, 0.2) is 0 Å². The van der Waals surface area contributed by atoms with E-state index in [2.05, 4.69) is 5.32 Å². The molecule has 2 rings (SSSR count). The number of rotatable bonds is 3. The van der Waals surface area contributed by atoms with Crippen LogP contribution in [0.25, 0.3) is 0 Å². The Kier molecular flexibility index (Phi) is 4.80. The van der Waals surface area contributed by atoms with Crippen molar-refractivity contribution in [2.24, 2.45) is 5.92 Å². The summed E-state index contributed by atoms with van der Waals surface area (Å²) in [5.74, 6) is -0.0998. The minimum Gasteiger partial charge on any atom is -0.469 e. The van der Waals surface area contributed by atoms with Gasteiger partial charge in [-0.3, -0.25) is 9.59 Å². The zero-order valence-electron chi connectivity index (χ0n) is 11.9. The molecule has 1 saturated carbocycles. The van der Waals surface area contributed by atoms with E-state index >= 15 is 0 Å². The average Bonchev–Trinajstić information content (AvgIpc) is 2.63. The van der Waals surface area contributed by atoms with Crippen molar-refractivity contribution in [3.05, 3.63) is 0 Å². The van der Waals surface area contributed by atoms with Crippen LogP contribution in [0.5, 0.6) is 0 Å².